The summed E-state index contributed by atoms with van der Waals surface area (Å²) in [6.07, 6.45) is 0. The van der Waals surface area contributed by atoms with Crippen molar-refractivity contribution in [2.75, 3.05) is 5.32 Å². The molecule has 31 heavy (non-hydrogen) atoms. The van der Waals surface area contributed by atoms with Crippen molar-refractivity contribution in [1.82, 2.24) is 9.55 Å². The fourth-order valence-electron chi connectivity index (χ4n) is 3.05. The normalized spacial score (nSPS) is 11.1. The van der Waals surface area contributed by atoms with Gasteiger partial charge in [-0.25, -0.2) is 13.8 Å². The van der Waals surface area contributed by atoms with Gasteiger partial charge < -0.3 is 13.7 Å². The molecule has 0 fully saturated rings. The largest absolute Gasteiger partial charge is 0.479 e. The van der Waals surface area contributed by atoms with Gasteiger partial charge in [0.1, 0.15) is 12.4 Å². The van der Waals surface area contributed by atoms with Crippen LogP contribution in [-0.4, -0.2) is 15.5 Å². The van der Waals surface area contributed by atoms with Crippen LogP contribution in [0.15, 0.2) is 46.9 Å². The lowest BCUT2D eigenvalue weighted by molar-refractivity contribution is 0.0991. The van der Waals surface area contributed by atoms with Crippen LogP contribution in [0.25, 0.3) is 11.0 Å². The topological polar surface area (TPSA) is 69.3 Å². The van der Waals surface area contributed by atoms with E-state index in [0.29, 0.717) is 18.0 Å². The lowest BCUT2D eigenvalue weighted by atomic mass is 10.3. The Hall–Kier alpha value is -3.82. The molecule has 0 aliphatic carbocycles. The number of carbonyl (C=O) groups is 1. The molecule has 0 radical (unpaired) electrons. The molecule has 0 unspecified atom stereocenters. The van der Waals surface area contributed by atoms with E-state index in [0.717, 1.165) is 5.52 Å². The first-order valence-electron chi connectivity index (χ1n) is 9.20. The smallest absolute Gasteiger partial charge is 0.293 e. The molecular formula is C21H15F4N3O3. The second-order valence-corrected chi connectivity index (χ2v) is 6.47. The Morgan fingerprint density at radius 1 is 1.10 bits per heavy atom. The zero-order valence-corrected chi connectivity index (χ0v) is 16.1. The molecule has 0 aliphatic heterocycles. The van der Waals surface area contributed by atoms with Crippen molar-refractivity contribution in [3.63, 3.8) is 0 Å². The summed E-state index contributed by atoms with van der Waals surface area (Å²) in [6, 6.07) is 10.1. The van der Waals surface area contributed by atoms with Crippen LogP contribution in [0.1, 0.15) is 23.2 Å². The first-order valence-corrected chi connectivity index (χ1v) is 9.20. The fraction of sp³-hybridized carbons (Fsp3) is 0.143. The number of fused-ring (bicyclic) bond motifs is 1. The molecular weight excluding hydrogens is 418 g/mol. The Bertz CT molecular complexity index is 1260. The number of amides is 1. The number of nitrogens with one attached hydrogen (secondary N) is 1. The maximum Gasteiger partial charge on any atom is 0.293 e. The van der Waals surface area contributed by atoms with E-state index >= 15 is 0 Å². The van der Waals surface area contributed by atoms with Crippen LogP contribution in [0.3, 0.4) is 0 Å². The highest BCUT2D eigenvalue weighted by molar-refractivity contribution is 6.02. The standard InChI is InChI=1S/C21H15F4N3O3/c1-2-28-15-6-4-3-5-14(15)26-21(28)27-20(29)16-8-7-11(31-16)10-30-19-17(24)12(22)9-13(23)18(19)25/h3-9H,2,10H2,1H3,(H,26,27,29). The van der Waals surface area contributed by atoms with Crippen LogP contribution in [0.2, 0.25) is 0 Å². The molecule has 0 bridgehead atoms. The summed E-state index contributed by atoms with van der Waals surface area (Å²) in [5.41, 5.74) is 1.56. The molecule has 4 aromatic rings. The number of imidazole rings is 1. The molecule has 2 aromatic heterocycles. The second-order valence-electron chi connectivity index (χ2n) is 6.47. The predicted molar refractivity (Wildman–Crippen MR) is 103 cm³/mol. The molecule has 1 N–H and O–H groups in total. The number of para-hydroxylation sites is 2. The van der Waals surface area contributed by atoms with Gasteiger partial charge in [0, 0.05) is 12.6 Å². The average Bonchev–Trinajstić information content (AvgIpc) is 3.36. The molecule has 160 valence electrons. The summed E-state index contributed by atoms with van der Waals surface area (Å²) >= 11 is 0. The minimum absolute atomic E-state index is 0.0117. The van der Waals surface area contributed by atoms with Crippen molar-refractivity contribution in [2.45, 2.75) is 20.1 Å². The van der Waals surface area contributed by atoms with E-state index < -0.39 is 41.5 Å². The van der Waals surface area contributed by atoms with Gasteiger partial charge in [0.25, 0.3) is 5.91 Å². The summed E-state index contributed by atoms with van der Waals surface area (Å²) in [6.45, 7) is 1.91. The Labute approximate surface area is 173 Å². The molecule has 0 spiro atoms. The SMILES string of the molecule is CCn1c(NC(=O)c2ccc(COc3c(F)c(F)cc(F)c3F)o2)nc2ccccc21. The third kappa shape index (κ3) is 3.83. The van der Waals surface area contributed by atoms with E-state index in [4.69, 9.17) is 9.15 Å². The first kappa shape index (κ1) is 20.5. The van der Waals surface area contributed by atoms with Crippen LogP contribution < -0.4 is 10.1 Å². The number of furan rings is 1. The Morgan fingerprint density at radius 3 is 2.52 bits per heavy atom. The monoisotopic (exact) mass is 433 g/mol. The van der Waals surface area contributed by atoms with Gasteiger partial charge in [-0.3, -0.25) is 10.1 Å². The number of nitrogens with zero attached hydrogens (tertiary/aromatic N) is 2. The molecule has 0 saturated carbocycles. The molecule has 10 heteroatoms. The summed E-state index contributed by atoms with van der Waals surface area (Å²) in [5, 5.41) is 2.65. The molecule has 0 atom stereocenters. The number of rotatable bonds is 6. The minimum atomic E-state index is -1.66. The van der Waals surface area contributed by atoms with Crippen LogP contribution in [0.5, 0.6) is 5.75 Å². The van der Waals surface area contributed by atoms with Crippen molar-refractivity contribution in [3.8, 4) is 5.75 Å². The molecule has 2 heterocycles. The Balaban J connectivity index is 1.49. The van der Waals surface area contributed by atoms with Crippen molar-refractivity contribution < 1.29 is 31.5 Å². The van der Waals surface area contributed by atoms with Crippen molar-refractivity contribution >= 4 is 22.9 Å². The number of aromatic nitrogens is 2. The highest BCUT2D eigenvalue weighted by atomic mass is 19.2. The number of benzene rings is 2. The maximum absolute atomic E-state index is 13.7. The first-order chi connectivity index (χ1) is 14.9. The van der Waals surface area contributed by atoms with Gasteiger partial charge in [-0.15, -0.1) is 0 Å². The zero-order valence-electron chi connectivity index (χ0n) is 16.1. The highest BCUT2D eigenvalue weighted by Crippen LogP contribution is 2.27. The van der Waals surface area contributed by atoms with E-state index in [2.05, 4.69) is 10.3 Å². The third-order valence-electron chi connectivity index (χ3n) is 4.51. The number of aryl methyl sites for hydroxylation is 1. The summed E-state index contributed by atoms with van der Waals surface area (Å²) in [5.74, 6) is -8.11. The number of halogens is 4. The van der Waals surface area contributed by atoms with E-state index in [-0.39, 0.29) is 17.6 Å². The van der Waals surface area contributed by atoms with Crippen LogP contribution in [0, 0.1) is 23.3 Å². The minimum Gasteiger partial charge on any atom is -0.479 e. The van der Waals surface area contributed by atoms with Crippen LogP contribution in [-0.2, 0) is 13.2 Å². The number of carbonyl (C=O) groups excluding carboxylic acids is 1. The fourth-order valence-corrected chi connectivity index (χ4v) is 3.05. The number of anilines is 1. The molecule has 0 aliphatic rings. The second kappa shape index (κ2) is 8.13. The van der Waals surface area contributed by atoms with Gasteiger partial charge in [-0.1, -0.05) is 12.1 Å². The van der Waals surface area contributed by atoms with E-state index in [9.17, 15) is 22.4 Å². The lowest BCUT2D eigenvalue weighted by Gasteiger charge is -2.08. The van der Waals surface area contributed by atoms with E-state index in [1.54, 1.807) is 0 Å². The van der Waals surface area contributed by atoms with Gasteiger partial charge >= 0.3 is 0 Å². The zero-order chi connectivity index (χ0) is 22.1. The van der Waals surface area contributed by atoms with Crippen LogP contribution >= 0.6 is 0 Å². The van der Waals surface area contributed by atoms with Gasteiger partial charge in [0.05, 0.1) is 11.0 Å². The molecule has 0 saturated heterocycles. The van der Waals surface area contributed by atoms with Gasteiger partial charge in [-0.05, 0) is 31.2 Å². The summed E-state index contributed by atoms with van der Waals surface area (Å²) < 4.78 is 65.8. The summed E-state index contributed by atoms with van der Waals surface area (Å²) in [4.78, 5) is 16.9. The van der Waals surface area contributed by atoms with E-state index in [1.165, 1.54) is 12.1 Å². The Morgan fingerprint density at radius 2 is 1.81 bits per heavy atom. The Kier molecular flexibility index (Phi) is 5.37. The predicted octanol–water partition coefficient (Wildman–Crippen LogP) is 5.04. The van der Waals surface area contributed by atoms with Gasteiger partial charge in [0.15, 0.2) is 23.1 Å². The molecule has 1 amide bonds. The van der Waals surface area contributed by atoms with Crippen LogP contribution in [0.4, 0.5) is 23.5 Å². The average molecular weight is 433 g/mol. The quantitative estimate of drug-likeness (QED) is 0.342. The van der Waals surface area contributed by atoms with Crippen molar-refractivity contribution in [3.05, 3.63) is 77.3 Å². The number of ether oxygens (including phenoxy) is 1. The van der Waals surface area contributed by atoms with Crippen molar-refractivity contribution in [2.24, 2.45) is 0 Å². The maximum atomic E-state index is 13.7. The molecule has 4 rings (SSSR count). The van der Waals surface area contributed by atoms with Gasteiger partial charge in [-0.2, -0.15) is 8.78 Å². The van der Waals surface area contributed by atoms with Gasteiger partial charge in [0.2, 0.25) is 17.6 Å². The van der Waals surface area contributed by atoms with Crippen molar-refractivity contribution in [1.29, 1.82) is 0 Å². The number of hydrogen-bond donors (Lipinski definition) is 1. The third-order valence-corrected chi connectivity index (χ3v) is 4.51. The molecule has 6 nitrogen and oxygen atoms in total. The highest BCUT2D eigenvalue weighted by Gasteiger charge is 2.22. The summed E-state index contributed by atoms with van der Waals surface area (Å²) in [7, 11) is 0. The number of hydrogen-bond acceptors (Lipinski definition) is 4. The van der Waals surface area contributed by atoms with E-state index in [1.807, 2.05) is 35.8 Å². The lowest BCUT2D eigenvalue weighted by Crippen LogP contribution is -2.15. The molecule has 2 aromatic carbocycles.